The zero-order chi connectivity index (χ0) is 19.9. The highest BCUT2D eigenvalue weighted by Crippen LogP contribution is 2.19. The molecule has 0 bridgehead atoms. The van der Waals surface area contributed by atoms with Gasteiger partial charge in [0, 0.05) is 37.4 Å². The summed E-state index contributed by atoms with van der Waals surface area (Å²) in [4.78, 5) is 2.28. The number of ether oxygens (including phenoxy) is 1. The number of anilines is 1. The van der Waals surface area contributed by atoms with Crippen LogP contribution in [0.3, 0.4) is 0 Å². The van der Waals surface area contributed by atoms with Crippen LogP contribution in [0.4, 0.5) is 10.2 Å². The summed E-state index contributed by atoms with van der Waals surface area (Å²) in [7, 11) is 0. The monoisotopic (exact) mass is 392 g/mol. The van der Waals surface area contributed by atoms with Gasteiger partial charge in [-0.1, -0.05) is 30.3 Å². The van der Waals surface area contributed by atoms with Crippen LogP contribution >= 0.6 is 0 Å². The molecule has 1 fully saturated rings. The molecule has 5 nitrogen and oxygen atoms in total. The number of benzene rings is 2. The molecule has 6 heteroatoms. The van der Waals surface area contributed by atoms with Crippen LogP contribution in [0.5, 0.6) is 5.75 Å². The molecule has 1 N–H and O–H groups in total. The van der Waals surface area contributed by atoms with Gasteiger partial charge in [0.2, 0.25) is 0 Å². The van der Waals surface area contributed by atoms with Gasteiger partial charge in [-0.05, 0) is 48.7 Å². The molecule has 1 atom stereocenters. The first-order valence-corrected chi connectivity index (χ1v) is 9.99. The lowest BCUT2D eigenvalue weighted by Gasteiger charge is -2.33. The number of nitrogens with one attached hydrogen (secondary N) is 1. The molecule has 1 aromatic heterocycles. The second-order valence-corrected chi connectivity index (χ2v) is 7.28. The summed E-state index contributed by atoms with van der Waals surface area (Å²) < 4.78 is 19.5. The molecule has 3 aromatic rings. The molecule has 2 heterocycles. The molecular weight excluding hydrogens is 367 g/mol. The predicted octanol–water partition coefficient (Wildman–Crippen LogP) is 3.95. The van der Waals surface area contributed by atoms with E-state index in [9.17, 15) is 4.39 Å². The van der Waals surface area contributed by atoms with Gasteiger partial charge in [-0.25, -0.2) is 4.39 Å². The zero-order valence-corrected chi connectivity index (χ0v) is 16.3. The standard InChI is InChI=1S/C23H25FN4O/c24-22-10-2-1-7-19(22)17-29-21-9-3-6-18(14-21)15-25-20-8-5-13-28(16-20)23-11-4-12-26-27-23/h1-4,6-7,9-12,14,20,25H,5,8,13,15-17H2. The number of hydrogen-bond donors (Lipinski definition) is 1. The number of rotatable bonds is 7. The quantitative estimate of drug-likeness (QED) is 0.660. The van der Waals surface area contributed by atoms with Gasteiger partial charge in [0.15, 0.2) is 5.82 Å². The maximum atomic E-state index is 13.8. The van der Waals surface area contributed by atoms with Gasteiger partial charge in [0.25, 0.3) is 0 Å². The van der Waals surface area contributed by atoms with Gasteiger partial charge in [-0.3, -0.25) is 0 Å². The van der Waals surface area contributed by atoms with E-state index in [1.54, 1.807) is 18.3 Å². The van der Waals surface area contributed by atoms with Crippen molar-refractivity contribution in [3.8, 4) is 5.75 Å². The van der Waals surface area contributed by atoms with E-state index in [2.05, 4.69) is 26.5 Å². The van der Waals surface area contributed by atoms with Crippen LogP contribution in [0.1, 0.15) is 24.0 Å². The first kappa shape index (κ1) is 19.3. The van der Waals surface area contributed by atoms with E-state index in [4.69, 9.17) is 4.74 Å². The Morgan fingerprint density at radius 2 is 2.03 bits per heavy atom. The molecule has 150 valence electrons. The minimum atomic E-state index is -0.240. The predicted molar refractivity (Wildman–Crippen MR) is 111 cm³/mol. The summed E-state index contributed by atoms with van der Waals surface area (Å²) in [5.41, 5.74) is 1.70. The molecule has 0 amide bonds. The third kappa shape index (κ3) is 5.29. The van der Waals surface area contributed by atoms with Crippen LogP contribution in [0.2, 0.25) is 0 Å². The minimum Gasteiger partial charge on any atom is -0.489 e. The largest absolute Gasteiger partial charge is 0.489 e. The summed E-state index contributed by atoms with van der Waals surface area (Å²) in [5, 5.41) is 11.8. The second kappa shape index (κ2) is 9.47. The number of hydrogen-bond acceptors (Lipinski definition) is 5. The molecular formula is C23H25FN4O. The van der Waals surface area contributed by atoms with Crippen LogP contribution in [0.15, 0.2) is 66.9 Å². The average molecular weight is 392 g/mol. The summed E-state index contributed by atoms with van der Waals surface area (Å²) in [5.74, 6) is 1.44. The molecule has 1 saturated heterocycles. The molecule has 0 aliphatic carbocycles. The Morgan fingerprint density at radius 3 is 2.90 bits per heavy atom. The molecule has 2 aromatic carbocycles. The molecule has 1 aliphatic heterocycles. The number of nitrogens with zero attached hydrogens (tertiary/aromatic N) is 3. The Morgan fingerprint density at radius 1 is 1.10 bits per heavy atom. The van der Waals surface area contributed by atoms with Crippen molar-refractivity contribution in [2.45, 2.75) is 32.0 Å². The summed E-state index contributed by atoms with van der Waals surface area (Å²) in [6, 6.07) is 19.0. The lowest BCUT2D eigenvalue weighted by molar-refractivity contribution is 0.299. The van der Waals surface area contributed by atoms with E-state index in [0.29, 0.717) is 11.6 Å². The van der Waals surface area contributed by atoms with Crippen LogP contribution in [0, 0.1) is 5.82 Å². The number of halogens is 1. The highest BCUT2D eigenvalue weighted by Gasteiger charge is 2.20. The molecule has 0 radical (unpaired) electrons. The summed E-state index contributed by atoms with van der Waals surface area (Å²) >= 11 is 0. The fraction of sp³-hybridized carbons (Fsp3) is 0.304. The van der Waals surface area contributed by atoms with E-state index in [0.717, 1.165) is 49.6 Å². The van der Waals surface area contributed by atoms with Gasteiger partial charge < -0.3 is 15.0 Å². The van der Waals surface area contributed by atoms with Crippen molar-refractivity contribution in [2.75, 3.05) is 18.0 Å². The van der Waals surface area contributed by atoms with E-state index >= 15 is 0 Å². The Labute approximate surface area is 170 Å². The van der Waals surface area contributed by atoms with E-state index < -0.39 is 0 Å². The lowest BCUT2D eigenvalue weighted by Crippen LogP contribution is -2.45. The Kier molecular flexibility index (Phi) is 6.32. The van der Waals surface area contributed by atoms with Crippen LogP contribution < -0.4 is 15.0 Å². The first-order valence-electron chi connectivity index (χ1n) is 9.99. The van der Waals surface area contributed by atoms with Crippen molar-refractivity contribution >= 4 is 5.82 Å². The van der Waals surface area contributed by atoms with Crippen molar-refractivity contribution in [3.05, 3.63) is 83.8 Å². The SMILES string of the molecule is Fc1ccccc1COc1cccc(CNC2CCCN(c3cccnn3)C2)c1. The third-order valence-corrected chi connectivity index (χ3v) is 5.15. The second-order valence-electron chi connectivity index (χ2n) is 7.28. The molecule has 4 rings (SSSR count). The van der Waals surface area contributed by atoms with Gasteiger partial charge in [-0.15, -0.1) is 5.10 Å². The lowest BCUT2D eigenvalue weighted by atomic mass is 10.1. The fourth-order valence-corrected chi connectivity index (χ4v) is 3.60. The maximum absolute atomic E-state index is 13.8. The van der Waals surface area contributed by atoms with E-state index in [1.165, 1.54) is 6.07 Å². The number of piperidine rings is 1. The van der Waals surface area contributed by atoms with Crippen molar-refractivity contribution in [3.63, 3.8) is 0 Å². The van der Waals surface area contributed by atoms with Gasteiger partial charge in [0.05, 0.1) is 0 Å². The molecule has 1 aliphatic rings. The maximum Gasteiger partial charge on any atom is 0.151 e. The molecule has 0 saturated carbocycles. The molecule has 0 spiro atoms. The van der Waals surface area contributed by atoms with Crippen molar-refractivity contribution in [1.29, 1.82) is 0 Å². The van der Waals surface area contributed by atoms with Crippen LogP contribution in [0.25, 0.3) is 0 Å². The molecule has 1 unspecified atom stereocenters. The third-order valence-electron chi connectivity index (χ3n) is 5.15. The molecule has 29 heavy (non-hydrogen) atoms. The van der Waals surface area contributed by atoms with E-state index in [-0.39, 0.29) is 12.4 Å². The van der Waals surface area contributed by atoms with Gasteiger partial charge in [-0.2, -0.15) is 5.10 Å². The zero-order valence-electron chi connectivity index (χ0n) is 16.3. The Balaban J connectivity index is 1.31. The topological polar surface area (TPSA) is 50.3 Å². The fourth-order valence-electron chi connectivity index (χ4n) is 3.60. The van der Waals surface area contributed by atoms with Crippen LogP contribution in [-0.4, -0.2) is 29.3 Å². The summed E-state index contributed by atoms with van der Waals surface area (Å²) in [6.45, 7) is 2.91. The number of aromatic nitrogens is 2. The smallest absolute Gasteiger partial charge is 0.151 e. The van der Waals surface area contributed by atoms with Crippen molar-refractivity contribution < 1.29 is 9.13 Å². The van der Waals surface area contributed by atoms with Gasteiger partial charge in [0.1, 0.15) is 18.2 Å². The summed E-state index contributed by atoms with van der Waals surface area (Å²) in [6.07, 6.45) is 3.96. The average Bonchev–Trinajstić information content (AvgIpc) is 2.78. The van der Waals surface area contributed by atoms with E-state index in [1.807, 2.05) is 36.4 Å². The Bertz CT molecular complexity index is 922. The highest BCUT2D eigenvalue weighted by molar-refractivity contribution is 5.37. The van der Waals surface area contributed by atoms with Crippen molar-refractivity contribution in [2.24, 2.45) is 0 Å². The van der Waals surface area contributed by atoms with Gasteiger partial charge >= 0.3 is 0 Å². The minimum absolute atomic E-state index is 0.221. The normalized spacial score (nSPS) is 16.6. The van der Waals surface area contributed by atoms with Crippen molar-refractivity contribution in [1.82, 2.24) is 15.5 Å². The highest BCUT2D eigenvalue weighted by atomic mass is 19.1. The Hall–Kier alpha value is -2.99. The van der Waals surface area contributed by atoms with Crippen LogP contribution in [-0.2, 0) is 13.2 Å². The first-order chi connectivity index (χ1) is 14.3.